The van der Waals surface area contributed by atoms with Crippen molar-refractivity contribution < 1.29 is 14.7 Å². The Morgan fingerprint density at radius 3 is 2.60 bits per heavy atom. The Morgan fingerprint density at radius 2 is 2.30 bits per heavy atom. The summed E-state index contributed by atoms with van der Waals surface area (Å²) in [5, 5.41) is 8.71. The highest BCUT2D eigenvalue weighted by atomic mass is 16.6. The zero-order valence-electron chi connectivity index (χ0n) is 5.92. The highest BCUT2D eigenvalue weighted by Crippen LogP contribution is 1.89. The summed E-state index contributed by atoms with van der Waals surface area (Å²) < 4.78 is 0. The van der Waals surface area contributed by atoms with Crippen molar-refractivity contribution >= 4 is 5.91 Å². The fraction of sp³-hybridized carbons (Fsp3) is 0.800. The number of hydrogen-bond acceptors (Lipinski definition) is 3. The first-order valence-corrected chi connectivity index (χ1v) is 2.81. The number of hydrogen-bond donors (Lipinski definition) is 2. The van der Waals surface area contributed by atoms with E-state index in [1.54, 1.807) is 0 Å². The van der Waals surface area contributed by atoms with E-state index in [-0.39, 0.29) is 0 Å². The minimum absolute atomic E-state index is 0.641. The molecule has 0 spiro atoms. The topological polar surface area (TPSA) is 82.4 Å². The van der Waals surface area contributed by atoms with Crippen LogP contribution in [0.15, 0.2) is 0 Å². The van der Waals surface area contributed by atoms with Gasteiger partial charge >= 0.3 is 0 Å². The van der Waals surface area contributed by atoms with Gasteiger partial charge in [0.1, 0.15) is 6.04 Å². The summed E-state index contributed by atoms with van der Waals surface area (Å²) in [6.45, 7) is 1.37. The Hall–Kier alpha value is -0.650. The lowest BCUT2D eigenvalue weighted by atomic mass is 10.2. The second-order valence-electron chi connectivity index (χ2n) is 1.89. The molecule has 0 aliphatic carbocycles. The van der Waals surface area contributed by atoms with Gasteiger partial charge in [0, 0.05) is 0 Å². The largest absolute Gasteiger partial charge is 0.391 e. The molecule has 0 saturated carbocycles. The number of rotatable bonds is 3. The summed E-state index contributed by atoms with van der Waals surface area (Å²) >= 11 is 0. The minimum atomic E-state index is -1.18. The van der Waals surface area contributed by atoms with Crippen LogP contribution in [0.3, 0.4) is 0 Å². The lowest BCUT2D eigenvalue weighted by Gasteiger charge is -2.11. The summed E-state index contributed by atoms with van der Waals surface area (Å²) in [6.07, 6.45) is -0.977. The van der Waals surface area contributed by atoms with E-state index >= 15 is 0 Å². The Bertz CT molecular complexity index is 115. The zero-order chi connectivity index (χ0) is 8.15. The summed E-state index contributed by atoms with van der Waals surface area (Å²) in [6, 6.07) is -1.18. The minimum Gasteiger partial charge on any atom is -0.391 e. The van der Waals surface area contributed by atoms with Gasteiger partial charge in [0.05, 0.1) is 13.2 Å². The molecule has 0 fully saturated rings. The van der Waals surface area contributed by atoms with Gasteiger partial charge < -0.3 is 5.11 Å². The maximum atomic E-state index is 10.6. The van der Waals surface area contributed by atoms with E-state index < -0.39 is 18.1 Å². The molecular formula is C5H11N2O3. The van der Waals surface area contributed by atoms with Crippen LogP contribution in [0.5, 0.6) is 0 Å². The van der Waals surface area contributed by atoms with Gasteiger partial charge in [-0.15, -0.1) is 0 Å². The van der Waals surface area contributed by atoms with Crippen LogP contribution in [-0.2, 0) is 9.63 Å². The van der Waals surface area contributed by atoms with Crippen LogP contribution in [0.25, 0.3) is 0 Å². The van der Waals surface area contributed by atoms with E-state index in [1.807, 2.05) is 5.48 Å². The average molecular weight is 147 g/mol. The third-order valence-electron chi connectivity index (χ3n) is 0.968. The van der Waals surface area contributed by atoms with Gasteiger partial charge in [-0.25, -0.2) is 11.2 Å². The van der Waals surface area contributed by atoms with Crippen LogP contribution in [0.4, 0.5) is 0 Å². The smallest absolute Gasteiger partial charge is 0.264 e. The lowest BCUT2D eigenvalue weighted by Crippen LogP contribution is -2.41. The highest BCUT2D eigenvalue weighted by Gasteiger charge is 2.18. The molecule has 0 aliphatic heterocycles. The normalized spacial score (nSPS) is 16.0. The van der Waals surface area contributed by atoms with Gasteiger partial charge in [0.2, 0.25) is 0 Å². The van der Waals surface area contributed by atoms with Crippen molar-refractivity contribution in [2.75, 3.05) is 7.11 Å². The number of nitrogens with one attached hydrogen (secondary N) is 2. The van der Waals surface area contributed by atoms with Gasteiger partial charge in [0.25, 0.3) is 5.91 Å². The summed E-state index contributed by atoms with van der Waals surface area (Å²) in [5.41, 5.74) is 8.93. The second-order valence-corrected chi connectivity index (χ2v) is 1.89. The molecule has 0 aliphatic rings. The van der Waals surface area contributed by atoms with Crippen LogP contribution in [0, 0.1) is 0 Å². The van der Waals surface area contributed by atoms with E-state index in [1.165, 1.54) is 14.0 Å². The predicted molar refractivity (Wildman–Crippen MR) is 33.7 cm³/mol. The van der Waals surface area contributed by atoms with Crippen molar-refractivity contribution in [1.82, 2.24) is 11.2 Å². The molecule has 0 rings (SSSR count). The van der Waals surface area contributed by atoms with E-state index in [0.717, 1.165) is 0 Å². The molecule has 5 heteroatoms. The molecule has 0 unspecified atom stereocenters. The molecule has 0 aromatic rings. The van der Waals surface area contributed by atoms with Gasteiger partial charge in [-0.3, -0.25) is 9.63 Å². The quantitative estimate of drug-likeness (QED) is 0.486. The third-order valence-corrected chi connectivity index (χ3v) is 0.968. The van der Waals surface area contributed by atoms with Crippen LogP contribution < -0.4 is 11.2 Å². The van der Waals surface area contributed by atoms with Crippen molar-refractivity contribution in [3.63, 3.8) is 0 Å². The fourth-order valence-electron chi connectivity index (χ4n) is 0.383. The van der Waals surface area contributed by atoms with Crippen LogP contribution >= 0.6 is 0 Å². The zero-order valence-corrected chi connectivity index (χ0v) is 5.92. The van der Waals surface area contributed by atoms with Gasteiger partial charge in [-0.2, -0.15) is 0 Å². The predicted octanol–water partition coefficient (Wildman–Crippen LogP) is -1.30. The van der Waals surface area contributed by atoms with E-state index in [4.69, 9.17) is 10.8 Å². The first-order chi connectivity index (χ1) is 4.59. The molecular weight excluding hydrogens is 136 g/mol. The summed E-state index contributed by atoms with van der Waals surface area (Å²) in [5.74, 6) is -0.641. The average Bonchev–Trinajstić information content (AvgIpc) is 1.87. The van der Waals surface area contributed by atoms with Crippen molar-refractivity contribution in [1.29, 1.82) is 0 Å². The molecule has 0 heterocycles. The van der Waals surface area contributed by atoms with Crippen molar-refractivity contribution in [3.05, 3.63) is 0 Å². The van der Waals surface area contributed by atoms with Crippen LogP contribution in [0.1, 0.15) is 6.92 Å². The van der Waals surface area contributed by atoms with E-state index in [0.29, 0.717) is 0 Å². The van der Waals surface area contributed by atoms with Gasteiger partial charge in [-0.05, 0) is 6.92 Å². The Kier molecular flexibility index (Phi) is 3.94. The number of amides is 1. The molecule has 2 atom stereocenters. The first-order valence-electron chi connectivity index (χ1n) is 2.81. The first kappa shape index (κ1) is 9.35. The van der Waals surface area contributed by atoms with Gasteiger partial charge in [0.15, 0.2) is 0 Å². The van der Waals surface area contributed by atoms with Crippen LogP contribution in [0.2, 0.25) is 0 Å². The highest BCUT2D eigenvalue weighted by molar-refractivity contribution is 5.80. The number of aliphatic hydroxyl groups is 1. The standard InChI is InChI=1S/C5H11N2O3/c1-3(8)4(6)5(9)7-10-2/h3-4,6,8H,1-2H3,(H,7,9)/t3-,4-/m0/s1. The number of aliphatic hydroxyl groups excluding tert-OH is 1. The van der Waals surface area contributed by atoms with Crippen molar-refractivity contribution in [2.45, 2.75) is 19.1 Å². The molecule has 0 aromatic heterocycles. The molecule has 1 amide bonds. The number of carbonyl (C=O) groups is 1. The molecule has 59 valence electrons. The third kappa shape index (κ3) is 2.77. The van der Waals surface area contributed by atoms with Crippen LogP contribution in [-0.4, -0.2) is 30.3 Å². The van der Waals surface area contributed by atoms with E-state index in [2.05, 4.69) is 4.84 Å². The molecule has 0 saturated heterocycles. The van der Waals surface area contributed by atoms with Crippen molar-refractivity contribution in [2.24, 2.45) is 0 Å². The van der Waals surface area contributed by atoms with E-state index in [9.17, 15) is 4.79 Å². The Morgan fingerprint density at radius 1 is 1.80 bits per heavy atom. The molecule has 3 N–H and O–H groups in total. The maximum Gasteiger partial charge on any atom is 0.264 e. The molecule has 0 bridgehead atoms. The lowest BCUT2D eigenvalue weighted by molar-refractivity contribution is -0.135. The second kappa shape index (κ2) is 4.21. The monoisotopic (exact) mass is 147 g/mol. The number of carbonyl (C=O) groups excluding carboxylic acids is 1. The van der Waals surface area contributed by atoms with Crippen molar-refractivity contribution in [3.8, 4) is 0 Å². The summed E-state index contributed by atoms with van der Waals surface area (Å²) in [4.78, 5) is 14.8. The Balaban J connectivity index is 3.71. The molecule has 0 aromatic carbocycles. The molecule has 1 radical (unpaired) electrons. The fourth-order valence-corrected chi connectivity index (χ4v) is 0.383. The summed E-state index contributed by atoms with van der Waals surface area (Å²) in [7, 11) is 1.27. The van der Waals surface area contributed by atoms with Gasteiger partial charge in [-0.1, -0.05) is 0 Å². The number of hydroxylamine groups is 1. The Labute approximate surface area is 59.1 Å². The SMILES string of the molecule is CONC(=O)[C@@H]([NH])[C@H](C)O. The maximum absolute atomic E-state index is 10.6. The molecule has 5 nitrogen and oxygen atoms in total. The molecule has 10 heavy (non-hydrogen) atoms.